The van der Waals surface area contributed by atoms with Gasteiger partial charge in [-0.3, -0.25) is 9.69 Å². The van der Waals surface area contributed by atoms with Crippen molar-refractivity contribution in [1.29, 1.82) is 0 Å². The minimum absolute atomic E-state index is 0.196. The maximum atomic E-state index is 14.3. The van der Waals surface area contributed by atoms with Crippen LogP contribution in [0.25, 0.3) is 0 Å². The van der Waals surface area contributed by atoms with E-state index in [2.05, 4.69) is 20.8 Å². The predicted octanol–water partition coefficient (Wildman–Crippen LogP) is 4.48. The van der Waals surface area contributed by atoms with Crippen molar-refractivity contribution in [2.75, 3.05) is 20.2 Å². The molecule has 0 aromatic heterocycles. The predicted molar refractivity (Wildman–Crippen MR) is 101 cm³/mol. The van der Waals surface area contributed by atoms with Gasteiger partial charge in [0, 0.05) is 11.0 Å². The van der Waals surface area contributed by atoms with Crippen LogP contribution in [0.2, 0.25) is 0 Å². The van der Waals surface area contributed by atoms with E-state index >= 15 is 0 Å². The first kappa shape index (κ1) is 18.9. The van der Waals surface area contributed by atoms with Gasteiger partial charge in [-0.1, -0.05) is 40.2 Å². The molecule has 0 aliphatic carbocycles. The van der Waals surface area contributed by atoms with Gasteiger partial charge < -0.3 is 9.84 Å². The fourth-order valence-electron chi connectivity index (χ4n) is 3.58. The Balaban J connectivity index is 2.04. The summed E-state index contributed by atoms with van der Waals surface area (Å²) >= 11 is 3.59. The van der Waals surface area contributed by atoms with E-state index < -0.39 is 17.7 Å². The largest absolute Gasteiger partial charge is 0.494 e. The van der Waals surface area contributed by atoms with Crippen molar-refractivity contribution in [2.24, 2.45) is 5.92 Å². The van der Waals surface area contributed by atoms with Gasteiger partial charge in [-0.25, -0.2) is 4.39 Å². The molecule has 2 aromatic carbocycles. The average molecular weight is 422 g/mol. The Morgan fingerprint density at radius 1 is 1.35 bits per heavy atom. The number of halogens is 2. The highest BCUT2D eigenvalue weighted by Gasteiger charge is 2.32. The van der Waals surface area contributed by atoms with Crippen LogP contribution < -0.4 is 4.74 Å². The minimum atomic E-state index is -0.776. The van der Waals surface area contributed by atoms with Gasteiger partial charge in [-0.15, -0.1) is 0 Å². The third-order valence-electron chi connectivity index (χ3n) is 4.86. The third kappa shape index (κ3) is 3.91. The lowest BCUT2D eigenvalue weighted by atomic mass is 9.91. The van der Waals surface area contributed by atoms with Crippen LogP contribution in [-0.4, -0.2) is 36.2 Å². The molecule has 0 bridgehead atoms. The van der Waals surface area contributed by atoms with E-state index in [1.807, 2.05) is 30.3 Å². The summed E-state index contributed by atoms with van der Waals surface area (Å²) < 4.78 is 20.3. The Labute approximate surface area is 160 Å². The summed E-state index contributed by atoms with van der Waals surface area (Å²) in [6.07, 6.45) is 1.47. The summed E-state index contributed by atoms with van der Waals surface area (Å²) in [5.74, 6) is -1.41. The fraction of sp³-hybridized carbons (Fsp3) is 0.350. The lowest BCUT2D eigenvalue weighted by Crippen LogP contribution is -2.41. The molecule has 1 saturated heterocycles. The number of piperidine rings is 1. The molecule has 0 radical (unpaired) electrons. The zero-order valence-electron chi connectivity index (χ0n) is 14.5. The number of aliphatic carboxylic acids is 1. The van der Waals surface area contributed by atoms with Crippen molar-refractivity contribution in [3.63, 3.8) is 0 Å². The lowest BCUT2D eigenvalue weighted by Gasteiger charge is -2.38. The number of methoxy groups -OCH3 is 1. The number of likely N-dealkylation sites (tertiary alicyclic amines) is 1. The summed E-state index contributed by atoms with van der Waals surface area (Å²) in [5, 5.41) is 9.43. The topological polar surface area (TPSA) is 49.8 Å². The van der Waals surface area contributed by atoms with E-state index in [9.17, 15) is 14.3 Å². The van der Waals surface area contributed by atoms with Crippen LogP contribution in [0.4, 0.5) is 4.39 Å². The standard InChI is InChI=1S/C20H21BrFNO3/c1-26-18-9-8-13(11-17(18)22)19(15-6-2-3-7-16(15)21)23-10-4-5-14(12-23)20(24)25/h2-3,6-9,11,14,19H,4-5,10,12H2,1H3,(H,24,25). The molecular formula is C20H21BrFNO3. The van der Waals surface area contributed by atoms with Crippen LogP contribution in [0.1, 0.15) is 30.0 Å². The normalized spacial score (nSPS) is 19.1. The second kappa shape index (κ2) is 8.18. The van der Waals surface area contributed by atoms with Crippen LogP contribution in [0.15, 0.2) is 46.9 Å². The van der Waals surface area contributed by atoms with Crippen molar-refractivity contribution in [3.05, 3.63) is 63.9 Å². The molecule has 1 N–H and O–H groups in total. The van der Waals surface area contributed by atoms with Crippen LogP contribution in [0, 0.1) is 11.7 Å². The molecule has 1 fully saturated rings. The van der Waals surface area contributed by atoms with Crippen LogP contribution >= 0.6 is 15.9 Å². The molecule has 0 saturated carbocycles. The Morgan fingerprint density at radius 3 is 2.77 bits per heavy atom. The summed E-state index contributed by atoms with van der Waals surface area (Å²) in [5.41, 5.74) is 1.77. The SMILES string of the molecule is COc1ccc(C(c2ccccc2Br)N2CCCC(C(=O)O)C2)cc1F. The number of benzene rings is 2. The highest BCUT2D eigenvalue weighted by molar-refractivity contribution is 9.10. The van der Waals surface area contributed by atoms with Crippen molar-refractivity contribution in [1.82, 2.24) is 4.90 Å². The maximum Gasteiger partial charge on any atom is 0.307 e. The van der Waals surface area contributed by atoms with Gasteiger partial charge in [-0.05, 0) is 48.7 Å². The second-order valence-electron chi connectivity index (χ2n) is 6.49. The lowest BCUT2D eigenvalue weighted by molar-refractivity contribution is -0.143. The first-order valence-corrected chi connectivity index (χ1v) is 9.35. The number of ether oxygens (including phenoxy) is 1. The summed E-state index contributed by atoms with van der Waals surface area (Å²) in [6.45, 7) is 1.21. The van der Waals surface area contributed by atoms with Crippen molar-refractivity contribution in [3.8, 4) is 5.75 Å². The summed E-state index contributed by atoms with van der Waals surface area (Å²) in [4.78, 5) is 13.6. The Morgan fingerprint density at radius 2 is 2.12 bits per heavy atom. The smallest absolute Gasteiger partial charge is 0.307 e. The molecule has 2 aromatic rings. The highest BCUT2D eigenvalue weighted by Crippen LogP contribution is 2.37. The zero-order valence-corrected chi connectivity index (χ0v) is 16.1. The average Bonchev–Trinajstić information content (AvgIpc) is 2.64. The van der Waals surface area contributed by atoms with Crippen molar-refractivity contribution >= 4 is 21.9 Å². The Bertz CT molecular complexity index is 798. The molecule has 2 unspecified atom stereocenters. The summed E-state index contributed by atoms with van der Waals surface area (Å²) in [6, 6.07) is 12.5. The molecule has 0 amide bonds. The third-order valence-corrected chi connectivity index (χ3v) is 5.58. The molecular weight excluding hydrogens is 401 g/mol. The van der Waals surface area contributed by atoms with E-state index in [0.29, 0.717) is 13.0 Å². The molecule has 2 atom stereocenters. The second-order valence-corrected chi connectivity index (χ2v) is 7.34. The molecule has 6 heteroatoms. The number of hydrogen-bond acceptors (Lipinski definition) is 3. The van der Waals surface area contributed by atoms with Gasteiger partial charge in [0.1, 0.15) is 0 Å². The molecule has 0 spiro atoms. The Kier molecular flexibility index (Phi) is 5.94. The quantitative estimate of drug-likeness (QED) is 0.772. The van der Waals surface area contributed by atoms with E-state index in [-0.39, 0.29) is 11.8 Å². The first-order valence-electron chi connectivity index (χ1n) is 8.56. The van der Waals surface area contributed by atoms with E-state index in [1.165, 1.54) is 13.2 Å². The number of carbonyl (C=O) groups is 1. The number of carboxylic acids is 1. The van der Waals surface area contributed by atoms with Crippen molar-refractivity contribution in [2.45, 2.75) is 18.9 Å². The molecule has 3 rings (SSSR count). The van der Waals surface area contributed by atoms with Gasteiger partial charge in [-0.2, -0.15) is 0 Å². The molecule has 138 valence electrons. The number of hydrogen-bond donors (Lipinski definition) is 1. The van der Waals surface area contributed by atoms with Gasteiger partial charge >= 0.3 is 5.97 Å². The van der Waals surface area contributed by atoms with Crippen LogP contribution in [0.3, 0.4) is 0 Å². The Hall–Kier alpha value is -1.92. The van der Waals surface area contributed by atoms with Crippen LogP contribution in [0.5, 0.6) is 5.75 Å². The molecule has 1 aliphatic rings. The molecule has 26 heavy (non-hydrogen) atoms. The molecule has 1 heterocycles. The van der Waals surface area contributed by atoms with Gasteiger partial charge in [0.25, 0.3) is 0 Å². The first-order chi connectivity index (χ1) is 12.5. The van der Waals surface area contributed by atoms with Crippen LogP contribution in [-0.2, 0) is 4.79 Å². The molecule has 4 nitrogen and oxygen atoms in total. The van der Waals surface area contributed by atoms with Gasteiger partial charge in [0.05, 0.1) is 19.1 Å². The van der Waals surface area contributed by atoms with Gasteiger partial charge in [0.15, 0.2) is 11.6 Å². The minimum Gasteiger partial charge on any atom is -0.494 e. The van der Waals surface area contributed by atoms with E-state index in [0.717, 1.165) is 28.6 Å². The number of nitrogens with zero attached hydrogens (tertiary/aromatic N) is 1. The van der Waals surface area contributed by atoms with Crippen molar-refractivity contribution < 1.29 is 19.0 Å². The highest BCUT2D eigenvalue weighted by atomic mass is 79.9. The number of carboxylic acid groups (broad SMARTS) is 1. The fourth-order valence-corrected chi connectivity index (χ4v) is 4.08. The maximum absolute atomic E-state index is 14.3. The zero-order chi connectivity index (χ0) is 18.7. The van der Waals surface area contributed by atoms with E-state index in [1.54, 1.807) is 6.07 Å². The molecule has 1 aliphatic heterocycles. The number of rotatable bonds is 5. The van der Waals surface area contributed by atoms with Gasteiger partial charge in [0.2, 0.25) is 0 Å². The van der Waals surface area contributed by atoms with E-state index in [4.69, 9.17) is 4.74 Å². The summed E-state index contributed by atoms with van der Waals surface area (Å²) in [7, 11) is 1.44. The monoisotopic (exact) mass is 421 g/mol.